The van der Waals surface area contributed by atoms with E-state index in [0.717, 1.165) is 5.56 Å². The molecule has 28 heavy (non-hydrogen) atoms. The van der Waals surface area contributed by atoms with Crippen LogP contribution in [0.3, 0.4) is 0 Å². The first-order chi connectivity index (χ1) is 13.3. The molecule has 1 aliphatic heterocycles. The van der Waals surface area contributed by atoms with Crippen LogP contribution in [0.1, 0.15) is 11.3 Å². The maximum absolute atomic E-state index is 12.6. The van der Waals surface area contributed by atoms with E-state index in [2.05, 4.69) is 10.00 Å². The van der Waals surface area contributed by atoms with Crippen LogP contribution in [0.2, 0.25) is 15.1 Å². The molecule has 150 valence electrons. The number of rotatable bonds is 5. The summed E-state index contributed by atoms with van der Waals surface area (Å²) < 4.78 is 1.28. The third-order valence-electron chi connectivity index (χ3n) is 4.74. The molecule has 0 saturated carbocycles. The van der Waals surface area contributed by atoms with E-state index < -0.39 is 10.7 Å². The Hall–Kier alpha value is -1.87. The molecule has 2 heterocycles. The van der Waals surface area contributed by atoms with Gasteiger partial charge in [0.25, 0.3) is 0 Å². The van der Waals surface area contributed by atoms with Crippen LogP contribution in [-0.2, 0) is 17.9 Å². The van der Waals surface area contributed by atoms with Crippen molar-refractivity contribution in [1.82, 2.24) is 19.6 Å². The molecule has 3 rings (SSSR count). The standard InChI is InChI=1S/C17H18Cl3N5O3/c1-11-16(20)17(25(27)28)21-24(11)10-15(26)23-7-5-22(6-8-23)9-12-13(18)3-2-4-14(12)19/h2-4H,5-10H2,1H3. The van der Waals surface area contributed by atoms with Gasteiger partial charge in [-0.1, -0.05) is 40.9 Å². The first-order valence-electron chi connectivity index (χ1n) is 8.58. The summed E-state index contributed by atoms with van der Waals surface area (Å²) in [5.74, 6) is -0.596. The number of aromatic nitrogens is 2. The van der Waals surface area contributed by atoms with E-state index in [4.69, 9.17) is 34.8 Å². The summed E-state index contributed by atoms with van der Waals surface area (Å²) in [6.07, 6.45) is 0. The van der Waals surface area contributed by atoms with Crippen LogP contribution >= 0.6 is 34.8 Å². The smallest absolute Gasteiger partial charge is 0.358 e. The SMILES string of the molecule is Cc1c(Cl)c([N+](=O)[O-])nn1CC(=O)N1CCN(Cc2c(Cl)cccc2Cl)CC1. The molecular weight excluding hydrogens is 429 g/mol. The lowest BCUT2D eigenvalue weighted by Gasteiger charge is -2.35. The lowest BCUT2D eigenvalue weighted by molar-refractivity contribution is -0.389. The van der Waals surface area contributed by atoms with Crippen LogP contribution in [0.25, 0.3) is 0 Å². The number of halogens is 3. The van der Waals surface area contributed by atoms with Crippen molar-refractivity contribution in [3.05, 3.63) is 54.6 Å². The number of carbonyl (C=O) groups excluding carboxylic acids is 1. The molecule has 0 aliphatic carbocycles. The predicted octanol–water partition coefficient (Wildman–Crippen LogP) is 3.40. The summed E-state index contributed by atoms with van der Waals surface area (Å²) in [5, 5.41) is 16.0. The number of nitro groups is 1. The highest BCUT2D eigenvalue weighted by Gasteiger charge is 2.28. The Morgan fingerprint density at radius 2 is 1.79 bits per heavy atom. The molecule has 1 fully saturated rings. The number of amides is 1. The van der Waals surface area contributed by atoms with Crippen molar-refractivity contribution in [2.45, 2.75) is 20.0 Å². The van der Waals surface area contributed by atoms with Crippen molar-refractivity contribution in [3.8, 4) is 0 Å². The summed E-state index contributed by atoms with van der Waals surface area (Å²) >= 11 is 18.4. The molecule has 1 aliphatic rings. The molecule has 2 aromatic rings. The predicted molar refractivity (Wildman–Crippen MR) is 107 cm³/mol. The van der Waals surface area contributed by atoms with Crippen LogP contribution in [0.5, 0.6) is 0 Å². The molecule has 1 aromatic carbocycles. The van der Waals surface area contributed by atoms with Gasteiger partial charge >= 0.3 is 5.82 Å². The van der Waals surface area contributed by atoms with E-state index >= 15 is 0 Å². The third-order valence-corrected chi connectivity index (χ3v) is 5.89. The Morgan fingerprint density at radius 3 is 2.32 bits per heavy atom. The lowest BCUT2D eigenvalue weighted by Crippen LogP contribution is -2.49. The fourth-order valence-electron chi connectivity index (χ4n) is 3.07. The molecule has 0 spiro atoms. The van der Waals surface area contributed by atoms with Crippen molar-refractivity contribution < 1.29 is 9.72 Å². The zero-order valence-electron chi connectivity index (χ0n) is 15.1. The van der Waals surface area contributed by atoms with Gasteiger partial charge in [0.2, 0.25) is 5.91 Å². The number of nitrogens with zero attached hydrogens (tertiary/aromatic N) is 5. The number of carbonyl (C=O) groups is 1. The molecule has 1 aromatic heterocycles. The normalized spacial score (nSPS) is 15.1. The van der Waals surface area contributed by atoms with E-state index in [1.807, 2.05) is 0 Å². The lowest BCUT2D eigenvalue weighted by atomic mass is 10.2. The van der Waals surface area contributed by atoms with Crippen molar-refractivity contribution in [1.29, 1.82) is 0 Å². The van der Waals surface area contributed by atoms with Gasteiger partial charge in [-0.3, -0.25) is 9.69 Å². The molecule has 11 heteroatoms. The zero-order chi connectivity index (χ0) is 20.4. The minimum absolute atomic E-state index is 0.0424. The fraction of sp³-hybridized carbons (Fsp3) is 0.412. The Bertz CT molecular complexity index is 889. The van der Waals surface area contributed by atoms with Gasteiger partial charge in [0.1, 0.15) is 6.54 Å². The molecule has 0 radical (unpaired) electrons. The first-order valence-corrected chi connectivity index (χ1v) is 9.71. The monoisotopic (exact) mass is 445 g/mol. The van der Waals surface area contributed by atoms with Crippen LogP contribution < -0.4 is 0 Å². The number of piperazine rings is 1. The van der Waals surface area contributed by atoms with Gasteiger partial charge in [-0.05, 0) is 24.0 Å². The minimum Gasteiger partial charge on any atom is -0.358 e. The van der Waals surface area contributed by atoms with Gasteiger partial charge in [0.15, 0.2) is 5.02 Å². The topological polar surface area (TPSA) is 84.5 Å². The average Bonchev–Trinajstić information content (AvgIpc) is 2.94. The molecule has 8 nitrogen and oxygen atoms in total. The summed E-state index contributed by atoms with van der Waals surface area (Å²) in [5.41, 5.74) is 1.27. The highest BCUT2D eigenvalue weighted by Crippen LogP contribution is 2.27. The van der Waals surface area contributed by atoms with Gasteiger partial charge in [-0.25, -0.2) is 0 Å². The van der Waals surface area contributed by atoms with Gasteiger partial charge in [0, 0.05) is 48.3 Å². The van der Waals surface area contributed by atoms with Crippen LogP contribution in [0.15, 0.2) is 18.2 Å². The Kier molecular flexibility index (Phi) is 6.44. The molecular formula is C17H18Cl3N5O3. The van der Waals surface area contributed by atoms with Crippen LogP contribution in [0.4, 0.5) is 5.82 Å². The van der Waals surface area contributed by atoms with E-state index in [0.29, 0.717) is 48.5 Å². The quantitative estimate of drug-likeness (QED) is 0.519. The molecule has 0 atom stereocenters. The van der Waals surface area contributed by atoms with E-state index in [9.17, 15) is 14.9 Å². The molecule has 1 saturated heterocycles. The maximum Gasteiger partial charge on any atom is 0.408 e. The maximum atomic E-state index is 12.6. The number of benzene rings is 1. The highest BCUT2D eigenvalue weighted by atomic mass is 35.5. The summed E-state index contributed by atoms with van der Waals surface area (Å²) in [6, 6.07) is 5.41. The van der Waals surface area contributed by atoms with Gasteiger partial charge < -0.3 is 15.0 Å². The molecule has 0 unspecified atom stereocenters. The van der Waals surface area contributed by atoms with Crippen molar-refractivity contribution >= 4 is 46.5 Å². The van der Waals surface area contributed by atoms with E-state index in [-0.39, 0.29) is 17.5 Å². The van der Waals surface area contributed by atoms with E-state index in [1.165, 1.54) is 4.68 Å². The number of hydrogen-bond donors (Lipinski definition) is 0. The Morgan fingerprint density at radius 1 is 1.18 bits per heavy atom. The zero-order valence-corrected chi connectivity index (χ0v) is 17.3. The second kappa shape index (κ2) is 8.65. The van der Waals surface area contributed by atoms with Gasteiger partial charge in [0.05, 0.1) is 10.8 Å². The van der Waals surface area contributed by atoms with Crippen LogP contribution in [0, 0.1) is 17.0 Å². The largest absolute Gasteiger partial charge is 0.408 e. The second-order valence-electron chi connectivity index (χ2n) is 6.49. The van der Waals surface area contributed by atoms with E-state index in [1.54, 1.807) is 30.0 Å². The van der Waals surface area contributed by atoms with Crippen molar-refractivity contribution in [2.75, 3.05) is 26.2 Å². The Labute approximate surface area is 176 Å². The average molecular weight is 447 g/mol. The molecule has 0 N–H and O–H groups in total. The van der Waals surface area contributed by atoms with Crippen molar-refractivity contribution in [3.63, 3.8) is 0 Å². The summed E-state index contributed by atoms with van der Waals surface area (Å²) in [4.78, 5) is 26.7. The molecule has 1 amide bonds. The van der Waals surface area contributed by atoms with Gasteiger partial charge in [-0.2, -0.15) is 4.68 Å². The van der Waals surface area contributed by atoms with Gasteiger partial charge in [-0.15, -0.1) is 0 Å². The third kappa shape index (κ3) is 4.41. The number of hydrogen-bond acceptors (Lipinski definition) is 5. The minimum atomic E-state index is -0.658. The Balaban J connectivity index is 1.59. The molecule has 0 bridgehead atoms. The fourth-order valence-corrected chi connectivity index (χ4v) is 3.79. The summed E-state index contributed by atoms with van der Waals surface area (Å²) in [6.45, 7) is 4.55. The van der Waals surface area contributed by atoms with Crippen molar-refractivity contribution in [2.24, 2.45) is 0 Å². The second-order valence-corrected chi connectivity index (χ2v) is 7.69. The summed E-state index contributed by atoms with van der Waals surface area (Å²) in [7, 11) is 0. The van der Waals surface area contributed by atoms with Crippen LogP contribution in [-0.4, -0.2) is 56.6 Å². The first kappa shape index (κ1) is 20.9. The highest BCUT2D eigenvalue weighted by molar-refractivity contribution is 6.36.